The number of esters is 1. The lowest BCUT2D eigenvalue weighted by Gasteiger charge is -2.36. The van der Waals surface area contributed by atoms with Crippen molar-refractivity contribution in [2.75, 3.05) is 7.05 Å². The van der Waals surface area contributed by atoms with Crippen LogP contribution in [0.2, 0.25) is 0 Å². The number of para-hydroxylation sites is 3. The highest BCUT2D eigenvalue weighted by molar-refractivity contribution is 6.02. The molecule has 6 fully saturated rings. The highest BCUT2D eigenvalue weighted by Crippen LogP contribution is 2.40. The van der Waals surface area contributed by atoms with Crippen LogP contribution in [0.4, 0.5) is 0 Å². The van der Waals surface area contributed by atoms with E-state index in [9.17, 15) is 88.2 Å². The third-order valence-electron chi connectivity index (χ3n) is 22.4. The quantitative estimate of drug-likeness (QED) is 0.0643. The zero-order chi connectivity index (χ0) is 83.1. The second kappa shape index (κ2) is 39.1. The Morgan fingerprint density at radius 2 is 0.774 bits per heavy atom. The van der Waals surface area contributed by atoms with Gasteiger partial charge in [-0.1, -0.05) is 89.2 Å². The maximum absolute atomic E-state index is 13.7. The smallest absolute Gasteiger partial charge is 0.312 e. The molecule has 0 spiro atoms. The number of cyclic esters (lactones) is 1. The summed E-state index contributed by atoms with van der Waals surface area (Å²) in [5, 5.41) is 83.5. The number of ether oxygens (including phenoxy) is 1. The first-order valence-electron chi connectivity index (χ1n) is 39.1. The van der Waals surface area contributed by atoms with Crippen LogP contribution in [0, 0.1) is 53.3 Å². The summed E-state index contributed by atoms with van der Waals surface area (Å²) in [6, 6.07) is 21.0. The number of aliphatic hydroxyl groups is 3. The number of benzene rings is 3. The molecule has 12 rings (SSSR count). The van der Waals surface area contributed by atoms with Gasteiger partial charge in [0, 0.05) is 69.4 Å². The van der Waals surface area contributed by atoms with Crippen LogP contribution < -0.4 is 37.2 Å². The van der Waals surface area contributed by atoms with Crippen molar-refractivity contribution in [2.45, 2.75) is 191 Å². The number of amides is 8. The van der Waals surface area contributed by atoms with Crippen molar-refractivity contribution in [3.8, 4) is 17.2 Å². The summed E-state index contributed by atoms with van der Waals surface area (Å²) in [5.74, 6) is -11.7. The van der Waals surface area contributed by atoms with E-state index in [0.29, 0.717) is 0 Å². The van der Waals surface area contributed by atoms with Crippen molar-refractivity contribution in [3.63, 3.8) is 0 Å². The lowest BCUT2D eigenvalue weighted by atomic mass is 9.87. The Balaban J connectivity index is 0.000000182. The highest BCUT2D eigenvalue weighted by Gasteiger charge is 2.48. The molecule has 3 unspecified atom stereocenters. The van der Waals surface area contributed by atoms with E-state index >= 15 is 0 Å². The van der Waals surface area contributed by atoms with E-state index in [4.69, 9.17) is 4.74 Å². The molecule has 3 saturated heterocycles. The van der Waals surface area contributed by atoms with Gasteiger partial charge in [-0.25, -0.2) is 0 Å². The van der Waals surface area contributed by atoms with Crippen molar-refractivity contribution in [1.82, 2.24) is 57.1 Å². The summed E-state index contributed by atoms with van der Waals surface area (Å²) in [6.07, 6.45) is 9.87. The number of hydrogen-bond acceptors (Lipinski definition) is 22. The summed E-state index contributed by atoms with van der Waals surface area (Å²) >= 11 is 0. The van der Waals surface area contributed by atoms with Gasteiger partial charge in [0.25, 0.3) is 17.7 Å². The van der Waals surface area contributed by atoms with E-state index in [1.54, 1.807) is 146 Å². The van der Waals surface area contributed by atoms with Crippen molar-refractivity contribution in [3.05, 3.63) is 180 Å². The molecule has 6 aromatic rings. The highest BCUT2D eigenvalue weighted by atomic mass is 16.5. The molecular formula is C85H103N11O19. The summed E-state index contributed by atoms with van der Waals surface area (Å²) < 4.78 is 5.62. The van der Waals surface area contributed by atoms with Gasteiger partial charge < -0.3 is 77.5 Å². The molecule has 30 heteroatoms. The predicted molar refractivity (Wildman–Crippen MR) is 416 cm³/mol. The van der Waals surface area contributed by atoms with Crippen LogP contribution in [0.1, 0.15) is 147 Å². The Morgan fingerprint density at radius 3 is 1.13 bits per heavy atom. The molecular weight excluding hydrogens is 1480 g/mol. The average molecular weight is 1580 g/mol. The molecule has 0 bridgehead atoms. The average Bonchev–Trinajstić information content (AvgIpc) is 1.78. The zero-order valence-corrected chi connectivity index (χ0v) is 65.2. The van der Waals surface area contributed by atoms with Crippen molar-refractivity contribution in [1.29, 1.82) is 0 Å². The summed E-state index contributed by atoms with van der Waals surface area (Å²) in [7, 11) is 1.59. The van der Waals surface area contributed by atoms with Gasteiger partial charge in [0.2, 0.25) is 29.5 Å². The SMILES string of the molecule is C[C@H]1CC(=O)C(C2CC2)N(C)C(=O)[C@H](C)[C@H](O)[C@H](Cc2cccnc2)NC(=O)[C@H]1NC(=O)c1ccccc1O.C[C@H]1CC(=O)C(C2CC2)NC(=O)[C@H](C)[C@H](O)[C@H](Cc2cccnc2)NC(=O)[C@H]1NC(=O)c1ccccc1O.C[C@H]1CC(=O)C(C2CC2)OC(=O)[C@H](C)[C@H](O)[C@H](Cc2cccnc2)NC(=O)[C@H]1NC(=O)c1ccccc1O. The van der Waals surface area contributed by atoms with Gasteiger partial charge in [0.05, 0.1) is 83.0 Å². The number of rotatable bonds is 15. The second-order valence-corrected chi connectivity index (χ2v) is 31.5. The Hall–Kier alpha value is -11.4. The largest absolute Gasteiger partial charge is 0.507 e. The minimum Gasteiger partial charge on any atom is -0.507 e. The molecule has 115 heavy (non-hydrogen) atoms. The molecule has 8 amide bonds. The van der Waals surface area contributed by atoms with E-state index in [1.807, 2.05) is 6.07 Å². The fourth-order valence-electron chi connectivity index (χ4n) is 15.0. The molecule has 3 saturated carbocycles. The fourth-order valence-corrected chi connectivity index (χ4v) is 15.0. The molecule has 612 valence electrons. The number of phenolic OH excluding ortho intramolecular Hbond substituents is 3. The Kier molecular flexibility index (Phi) is 29.3. The van der Waals surface area contributed by atoms with Crippen LogP contribution in [0.25, 0.3) is 0 Å². The first kappa shape index (κ1) is 86.0. The van der Waals surface area contributed by atoms with Crippen molar-refractivity contribution < 1.29 is 92.9 Å². The zero-order valence-electron chi connectivity index (χ0n) is 65.2. The number of nitrogens with one attached hydrogen (secondary N) is 7. The molecule has 18 atom stereocenters. The Bertz CT molecular complexity index is 4290. The number of hydrogen-bond donors (Lipinski definition) is 13. The fraction of sp³-hybridized carbons (Fsp3) is 0.471. The molecule has 3 aromatic carbocycles. The standard InChI is InChI=1S/C29H36N4O6.C28H34N4O6.C28H33N3O7/c1-16-13-23(35)25(19-10-11-19)33(3)29(39)17(2)26(36)21(14-18-7-6-12-30-15-18)31-28(38)24(16)32-27(37)20-8-4-5-9-22(20)34;1-15-12-22(34)24(18-9-10-18)32-26(36)16(2)25(35)20(13-17-6-5-11-29-14-17)30-28(38)23(15)31-27(37)19-7-3-4-8-21(19)33;1-15-12-22(33)25(18-9-10-18)38-28(37)16(2)24(34)20(13-17-6-5-11-29-14-17)30-27(36)23(15)31-26(35)19-7-3-4-8-21(19)32/h4-9,12,15-17,19,21,24-26,34,36H,10-11,13-14H2,1-3H3,(H,31,38)(H,32,37);3-8,11,14-16,18,20,23-25,33,35H,9-10,12-13H2,1-2H3,(H,30,38)(H,31,37)(H,32,36);3-8,11,14-16,18,20,23-25,32,34H,9-10,12-13H2,1-2H3,(H,30,36)(H,31,35)/t16-,17+,21-,24-,25?,26-;15-,16+,20-,23-,24?,25-;15-,16+,20-,23-,24-,25?/m000/s1. The maximum Gasteiger partial charge on any atom is 0.312 e. The summed E-state index contributed by atoms with van der Waals surface area (Å²) in [6.45, 7) is 9.67. The number of aliphatic hydroxyl groups excluding tert-OH is 3. The molecule has 0 radical (unpaired) electrons. The molecule has 30 nitrogen and oxygen atoms in total. The number of Topliss-reactive ketones (excluding diaryl/α,β-unsaturated/α-hetero) is 3. The lowest BCUT2D eigenvalue weighted by Crippen LogP contribution is -2.59. The number of likely N-dealkylation sites (N-methyl/N-ethyl adjacent to an activating group) is 1. The summed E-state index contributed by atoms with van der Waals surface area (Å²) in [4.78, 5) is 173. The number of nitrogens with zero attached hydrogens (tertiary/aromatic N) is 4. The molecule has 6 heterocycles. The van der Waals surface area contributed by atoms with Gasteiger partial charge in [-0.2, -0.15) is 0 Å². The molecule has 6 aliphatic rings. The second-order valence-electron chi connectivity index (χ2n) is 31.5. The predicted octanol–water partition coefficient (Wildman–Crippen LogP) is 4.11. The normalized spacial score (nSPS) is 28.8. The lowest BCUT2D eigenvalue weighted by molar-refractivity contribution is -0.164. The number of pyridine rings is 3. The third-order valence-corrected chi connectivity index (χ3v) is 22.4. The van der Waals surface area contributed by atoms with E-state index in [-0.39, 0.29) is 113 Å². The number of phenols is 3. The van der Waals surface area contributed by atoms with Gasteiger partial charge in [0.1, 0.15) is 35.4 Å². The van der Waals surface area contributed by atoms with E-state index in [2.05, 4.69) is 52.2 Å². The van der Waals surface area contributed by atoms with E-state index < -0.39 is 156 Å². The van der Waals surface area contributed by atoms with Crippen molar-refractivity contribution >= 4 is 70.6 Å². The van der Waals surface area contributed by atoms with Gasteiger partial charge in [-0.05, 0) is 166 Å². The first-order valence-corrected chi connectivity index (χ1v) is 39.1. The topological polar surface area (TPSA) is 462 Å². The van der Waals surface area contributed by atoms with E-state index in [0.717, 1.165) is 55.2 Å². The Labute approximate surface area is 666 Å². The monoisotopic (exact) mass is 1580 g/mol. The molecule has 13 N–H and O–H groups in total. The number of aromatic hydroxyl groups is 3. The molecule has 3 aliphatic carbocycles. The number of ketones is 3. The molecule has 3 aromatic heterocycles. The maximum atomic E-state index is 13.7. The van der Waals surface area contributed by atoms with Gasteiger partial charge in [-0.3, -0.25) is 72.5 Å². The third kappa shape index (κ3) is 22.6. The van der Waals surface area contributed by atoms with Crippen LogP contribution in [0.3, 0.4) is 0 Å². The first-order chi connectivity index (χ1) is 54.9. The number of aromatic nitrogens is 3. The van der Waals surface area contributed by atoms with Crippen LogP contribution in [0.5, 0.6) is 17.2 Å². The van der Waals surface area contributed by atoms with Gasteiger partial charge in [0.15, 0.2) is 23.5 Å². The van der Waals surface area contributed by atoms with Gasteiger partial charge >= 0.3 is 5.97 Å². The van der Waals surface area contributed by atoms with Crippen LogP contribution >= 0.6 is 0 Å². The Morgan fingerprint density at radius 1 is 0.426 bits per heavy atom. The number of carbonyl (C=O) groups excluding carboxylic acids is 12. The molecule has 3 aliphatic heterocycles. The minimum absolute atomic E-state index is 0.00306. The minimum atomic E-state index is -1.34. The van der Waals surface area contributed by atoms with Crippen LogP contribution in [-0.2, 0) is 67.2 Å². The van der Waals surface area contributed by atoms with Gasteiger partial charge in [-0.15, -0.1) is 0 Å². The summed E-state index contributed by atoms with van der Waals surface area (Å²) in [5.41, 5.74) is 2.18. The van der Waals surface area contributed by atoms with Crippen LogP contribution in [-0.4, -0.2) is 201 Å². The number of carbonyl (C=O) groups is 12. The van der Waals surface area contributed by atoms with Crippen LogP contribution in [0.15, 0.2) is 146 Å². The van der Waals surface area contributed by atoms with Crippen molar-refractivity contribution in [2.24, 2.45) is 53.3 Å². The van der Waals surface area contributed by atoms with E-state index in [1.165, 1.54) is 48.2 Å².